The molecule has 8 heavy (non-hydrogen) atoms. The second-order valence-electron chi connectivity index (χ2n) is 1.30. The summed E-state index contributed by atoms with van der Waals surface area (Å²) in [6.07, 6.45) is 0. The van der Waals surface area contributed by atoms with Crippen molar-refractivity contribution in [3.05, 3.63) is 22.4 Å². The Bertz CT molecular complexity index is 112. The number of aryl methyl sites for hydroxylation is 1. The van der Waals surface area contributed by atoms with Gasteiger partial charge in [0.15, 0.2) is 0 Å². The first-order chi connectivity index (χ1) is 3.89. The van der Waals surface area contributed by atoms with Gasteiger partial charge in [0.05, 0.1) is 0 Å². The van der Waals surface area contributed by atoms with Crippen LogP contribution in [0.4, 0.5) is 0 Å². The Labute approximate surface area is 54.1 Å². The van der Waals surface area contributed by atoms with Crippen molar-refractivity contribution in [3.63, 3.8) is 0 Å². The molecule has 0 aliphatic rings. The van der Waals surface area contributed by atoms with Crippen LogP contribution in [-0.2, 0) is 0 Å². The molecule has 0 aliphatic heterocycles. The number of rotatable bonds is 0. The van der Waals surface area contributed by atoms with Crippen LogP contribution in [-0.4, -0.2) is 7.05 Å². The van der Waals surface area contributed by atoms with Crippen LogP contribution >= 0.6 is 11.3 Å². The first kappa shape index (κ1) is 7.66. The zero-order valence-corrected chi connectivity index (χ0v) is 6.03. The molecule has 0 aromatic carbocycles. The molecular weight excluding hydrogens is 118 g/mol. The molecule has 46 valence electrons. The van der Waals surface area contributed by atoms with Crippen LogP contribution < -0.4 is 5.73 Å². The molecule has 0 saturated carbocycles. The summed E-state index contributed by atoms with van der Waals surface area (Å²) in [6, 6.07) is 2.10. The Morgan fingerprint density at radius 3 is 2.25 bits per heavy atom. The lowest BCUT2D eigenvalue weighted by molar-refractivity contribution is 1.48. The van der Waals surface area contributed by atoms with Gasteiger partial charge in [0.2, 0.25) is 0 Å². The van der Waals surface area contributed by atoms with Gasteiger partial charge >= 0.3 is 0 Å². The lowest BCUT2D eigenvalue weighted by Gasteiger charge is -1.65. The molecule has 0 atom stereocenters. The van der Waals surface area contributed by atoms with Crippen molar-refractivity contribution >= 4 is 11.3 Å². The van der Waals surface area contributed by atoms with Crippen molar-refractivity contribution in [2.24, 2.45) is 5.73 Å². The SMILES string of the molecule is CN.Cc1ccsc1. The van der Waals surface area contributed by atoms with Crippen LogP contribution in [0.15, 0.2) is 16.8 Å². The van der Waals surface area contributed by atoms with Crippen molar-refractivity contribution in [2.75, 3.05) is 7.05 Å². The highest BCUT2D eigenvalue weighted by atomic mass is 32.1. The second-order valence-corrected chi connectivity index (χ2v) is 2.08. The highest BCUT2D eigenvalue weighted by Crippen LogP contribution is 2.01. The van der Waals surface area contributed by atoms with Gasteiger partial charge in [0.1, 0.15) is 0 Å². The predicted molar refractivity (Wildman–Crippen MR) is 39.2 cm³/mol. The standard InChI is InChI=1S/C5H6S.CH5N/c1-5-2-3-6-4-5;1-2/h2-4H,1H3;2H2,1H3. The third-order valence-corrected chi connectivity index (χ3v) is 1.46. The summed E-state index contributed by atoms with van der Waals surface area (Å²) >= 11 is 1.74. The highest BCUT2D eigenvalue weighted by Gasteiger charge is 1.74. The molecule has 0 aliphatic carbocycles. The van der Waals surface area contributed by atoms with E-state index in [-0.39, 0.29) is 0 Å². The minimum Gasteiger partial charge on any atom is -0.333 e. The van der Waals surface area contributed by atoms with Gasteiger partial charge in [0, 0.05) is 0 Å². The lowest BCUT2D eigenvalue weighted by atomic mass is 10.4. The third kappa shape index (κ3) is 2.77. The maximum absolute atomic E-state index is 4.50. The molecule has 1 aromatic heterocycles. The Hall–Kier alpha value is -0.340. The van der Waals surface area contributed by atoms with Crippen molar-refractivity contribution in [1.29, 1.82) is 0 Å². The van der Waals surface area contributed by atoms with E-state index in [0.29, 0.717) is 0 Å². The van der Waals surface area contributed by atoms with E-state index in [1.54, 1.807) is 11.3 Å². The minimum atomic E-state index is 1.36. The first-order valence-corrected chi connectivity index (χ1v) is 3.40. The Morgan fingerprint density at radius 1 is 1.50 bits per heavy atom. The van der Waals surface area contributed by atoms with Gasteiger partial charge in [-0.3, -0.25) is 0 Å². The summed E-state index contributed by atoms with van der Waals surface area (Å²) in [7, 11) is 1.50. The maximum atomic E-state index is 4.50. The monoisotopic (exact) mass is 129 g/mol. The second kappa shape index (κ2) is 4.81. The molecule has 1 rings (SSSR count). The number of nitrogens with two attached hydrogens (primary N) is 1. The van der Waals surface area contributed by atoms with Crippen LogP contribution in [0, 0.1) is 6.92 Å². The molecule has 0 radical (unpaired) electrons. The van der Waals surface area contributed by atoms with E-state index in [1.807, 2.05) is 0 Å². The molecule has 0 spiro atoms. The van der Waals surface area contributed by atoms with Crippen molar-refractivity contribution in [3.8, 4) is 0 Å². The highest BCUT2D eigenvalue weighted by molar-refractivity contribution is 7.07. The summed E-state index contributed by atoms with van der Waals surface area (Å²) in [4.78, 5) is 0. The molecule has 2 N–H and O–H groups in total. The fourth-order valence-corrected chi connectivity index (χ4v) is 0.998. The molecule has 1 nitrogen and oxygen atoms in total. The van der Waals surface area contributed by atoms with E-state index >= 15 is 0 Å². The molecule has 0 bridgehead atoms. The molecule has 0 unspecified atom stereocenters. The largest absolute Gasteiger partial charge is 0.333 e. The van der Waals surface area contributed by atoms with E-state index in [9.17, 15) is 0 Å². The number of hydrogen-bond donors (Lipinski definition) is 1. The van der Waals surface area contributed by atoms with Gasteiger partial charge in [-0.15, -0.1) is 0 Å². The predicted octanol–water partition coefficient (Wildman–Crippen LogP) is 1.63. The smallest absolute Gasteiger partial charge is 0.00641 e. The van der Waals surface area contributed by atoms with E-state index < -0.39 is 0 Å². The minimum absolute atomic E-state index is 1.36. The number of hydrogen-bond acceptors (Lipinski definition) is 2. The Morgan fingerprint density at radius 2 is 2.12 bits per heavy atom. The summed E-state index contributed by atoms with van der Waals surface area (Å²) in [5, 5.41) is 4.20. The fraction of sp³-hybridized carbons (Fsp3) is 0.333. The van der Waals surface area contributed by atoms with Crippen molar-refractivity contribution in [1.82, 2.24) is 0 Å². The van der Waals surface area contributed by atoms with Gasteiger partial charge in [-0.2, -0.15) is 11.3 Å². The summed E-state index contributed by atoms with van der Waals surface area (Å²) in [5.41, 5.74) is 5.86. The van der Waals surface area contributed by atoms with Gasteiger partial charge in [-0.1, -0.05) is 0 Å². The van der Waals surface area contributed by atoms with Crippen LogP contribution in [0.25, 0.3) is 0 Å². The van der Waals surface area contributed by atoms with Gasteiger partial charge in [-0.05, 0) is 36.4 Å². The Balaban J connectivity index is 0.000000222. The molecule has 1 aromatic rings. The van der Waals surface area contributed by atoms with Crippen molar-refractivity contribution in [2.45, 2.75) is 6.92 Å². The van der Waals surface area contributed by atoms with E-state index in [0.717, 1.165) is 0 Å². The van der Waals surface area contributed by atoms with Crippen molar-refractivity contribution < 1.29 is 0 Å². The Kier molecular flexibility index (Phi) is 4.61. The van der Waals surface area contributed by atoms with Crippen LogP contribution in [0.5, 0.6) is 0 Å². The summed E-state index contributed by atoms with van der Waals surface area (Å²) in [5.74, 6) is 0. The number of thiophene rings is 1. The third-order valence-electron chi connectivity index (χ3n) is 0.663. The topological polar surface area (TPSA) is 26.0 Å². The first-order valence-electron chi connectivity index (χ1n) is 2.46. The van der Waals surface area contributed by atoms with Gasteiger partial charge in [0.25, 0.3) is 0 Å². The maximum Gasteiger partial charge on any atom is -0.00641 e. The molecular formula is C6H11NS. The van der Waals surface area contributed by atoms with Crippen LogP contribution in [0.1, 0.15) is 5.56 Å². The molecule has 1 heterocycles. The van der Waals surface area contributed by atoms with Gasteiger partial charge in [-0.25, -0.2) is 0 Å². The molecule has 0 saturated heterocycles. The quantitative estimate of drug-likeness (QED) is 0.566. The van der Waals surface area contributed by atoms with Crippen LogP contribution in [0.2, 0.25) is 0 Å². The average molecular weight is 129 g/mol. The average Bonchev–Trinajstić information content (AvgIpc) is 2.24. The lowest BCUT2D eigenvalue weighted by Crippen LogP contribution is -1.69. The van der Waals surface area contributed by atoms with E-state index in [2.05, 4.69) is 29.5 Å². The zero-order valence-electron chi connectivity index (χ0n) is 5.22. The van der Waals surface area contributed by atoms with E-state index in [1.165, 1.54) is 12.6 Å². The van der Waals surface area contributed by atoms with Gasteiger partial charge < -0.3 is 5.73 Å². The zero-order chi connectivity index (χ0) is 6.41. The summed E-state index contributed by atoms with van der Waals surface area (Å²) in [6.45, 7) is 2.09. The molecule has 0 amide bonds. The molecule has 2 heteroatoms. The van der Waals surface area contributed by atoms with E-state index in [4.69, 9.17) is 0 Å². The van der Waals surface area contributed by atoms with Crippen LogP contribution in [0.3, 0.4) is 0 Å². The summed E-state index contributed by atoms with van der Waals surface area (Å²) < 4.78 is 0. The normalized spacial score (nSPS) is 7.38. The fourth-order valence-electron chi connectivity index (χ4n) is 0.333. The molecule has 0 fully saturated rings.